The molecular weight excluding hydrogens is 708 g/mol. The van der Waals surface area contributed by atoms with E-state index in [1.54, 1.807) is 24.3 Å². The van der Waals surface area contributed by atoms with Crippen LogP contribution in [0.1, 0.15) is 137 Å². The van der Waals surface area contributed by atoms with Crippen LogP contribution in [0, 0.1) is 5.92 Å². The van der Waals surface area contributed by atoms with Gasteiger partial charge in [-0.2, -0.15) is 4.72 Å². The summed E-state index contributed by atoms with van der Waals surface area (Å²) in [5, 5.41) is 5.17. The zero-order chi connectivity index (χ0) is 38.3. The molecule has 53 heavy (non-hydrogen) atoms. The largest absolute Gasteiger partial charge is 0.444 e. The van der Waals surface area contributed by atoms with Gasteiger partial charge in [0.25, 0.3) is 0 Å². The van der Waals surface area contributed by atoms with E-state index in [-0.39, 0.29) is 22.9 Å². The van der Waals surface area contributed by atoms with Gasteiger partial charge in [0, 0.05) is 30.7 Å². The first-order valence-corrected chi connectivity index (χ1v) is 22.4. The molecule has 1 unspecified atom stereocenters. The molecule has 0 spiro atoms. The van der Waals surface area contributed by atoms with Gasteiger partial charge in [0.05, 0.1) is 4.90 Å². The predicted molar refractivity (Wildman–Crippen MR) is 217 cm³/mol. The minimum absolute atomic E-state index is 0.0276. The van der Waals surface area contributed by atoms with Crippen molar-refractivity contribution in [3.8, 4) is 0 Å². The van der Waals surface area contributed by atoms with Crippen LogP contribution in [0.4, 0.5) is 4.79 Å². The quantitative estimate of drug-likeness (QED) is 0.122. The van der Waals surface area contributed by atoms with Gasteiger partial charge in [0.15, 0.2) is 0 Å². The normalized spacial score (nSPS) is 18.4. The molecule has 0 bridgehead atoms. The van der Waals surface area contributed by atoms with Gasteiger partial charge in [-0.15, -0.1) is 0 Å². The molecule has 2 heterocycles. The number of sulfonamides is 1. The van der Waals surface area contributed by atoms with Crippen LogP contribution >= 0.6 is 11.6 Å². The van der Waals surface area contributed by atoms with Crippen molar-refractivity contribution in [2.75, 3.05) is 32.7 Å². The molecular formula is C42H67ClN4O5S. The van der Waals surface area contributed by atoms with Crippen molar-refractivity contribution in [1.29, 1.82) is 0 Å². The molecule has 0 saturated carbocycles. The summed E-state index contributed by atoms with van der Waals surface area (Å²) in [7, 11) is -3.92. The fraction of sp³-hybridized carbons (Fsp3) is 0.714. The van der Waals surface area contributed by atoms with Crippen molar-refractivity contribution >= 4 is 44.4 Å². The Morgan fingerprint density at radius 3 is 2.11 bits per heavy atom. The van der Waals surface area contributed by atoms with Crippen LogP contribution in [0.5, 0.6) is 0 Å². The Balaban J connectivity index is 1.32. The minimum Gasteiger partial charge on any atom is -0.444 e. The van der Waals surface area contributed by atoms with Crippen molar-refractivity contribution in [2.45, 2.75) is 159 Å². The maximum atomic E-state index is 14.1. The lowest BCUT2D eigenvalue weighted by atomic mass is 9.95. The molecule has 11 heteroatoms. The smallest absolute Gasteiger partial charge is 0.407 e. The number of hydrogen-bond acceptors (Lipinski definition) is 6. The highest BCUT2D eigenvalue weighted by Crippen LogP contribution is 2.26. The van der Waals surface area contributed by atoms with E-state index in [2.05, 4.69) is 21.9 Å². The molecule has 2 aliphatic heterocycles. The number of likely N-dealkylation sites (tertiary alicyclic amines) is 2. The fourth-order valence-corrected chi connectivity index (χ4v) is 9.21. The van der Waals surface area contributed by atoms with Crippen molar-refractivity contribution < 1.29 is 22.7 Å². The lowest BCUT2D eigenvalue weighted by Gasteiger charge is -2.42. The molecule has 2 aliphatic rings. The Morgan fingerprint density at radius 1 is 0.868 bits per heavy atom. The minimum atomic E-state index is -3.92. The third kappa shape index (κ3) is 15.0. The van der Waals surface area contributed by atoms with Crippen LogP contribution < -0.4 is 10.0 Å². The molecule has 2 fully saturated rings. The molecule has 2 aromatic rings. The van der Waals surface area contributed by atoms with Crippen LogP contribution in [-0.4, -0.2) is 80.6 Å². The molecule has 2 amide bonds. The van der Waals surface area contributed by atoms with Gasteiger partial charge in [0.1, 0.15) is 11.6 Å². The number of nitrogens with one attached hydrogen (secondary N) is 2. The standard InChI is InChI=1S/C42H67ClN4O5S/c1-5-6-7-8-9-10-11-12-13-14-15-16-18-37(32-46-27-24-33(25-28-46)31-44-41(49)52-42(2,3)4)47-26-17-19-39(40(47)48)45-53(50,51)38-23-21-34-29-36(43)22-20-35(34)30-38/h20-23,29-30,33,37,39,45H,5-19,24-28,31-32H2,1-4H3,(H,44,49)/t37?,39-/m0/s1. The number of amides is 2. The summed E-state index contributed by atoms with van der Waals surface area (Å²) in [5.41, 5.74) is -0.522. The molecule has 0 aliphatic carbocycles. The number of unbranched alkanes of at least 4 members (excludes halogenated alkanes) is 11. The molecule has 2 saturated heterocycles. The van der Waals surface area contributed by atoms with Crippen molar-refractivity contribution in [3.05, 3.63) is 41.4 Å². The van der Waals surface area contributed by atoms with Gasteiger partial charge < -0.3 is 19.9 Å². The van der Waals surface area contributed by atoms with Gasteiger partial charge in [-0.3, -0.25) is 4.79 Å². The van der Waals surface area contributed by atoms with E-state index in [0.29, 0.717) is 30.5 Å². The van der Waals surface area contributed by atoms with Crippen molar-refractivity contribution in [1.82, 2.24) is 19.8 Å². The van der Waals surface area contributed by atoms with E-state index >= 15 is 0 Å². The maximum Gasteiger partial charge on any atom is 0.407 e. The summed E-state index contributed by atoms with van der Waals surface area (Å²) in [6.07, 6.45) is 19.1. The van der Waals surface area contributed by atoms with E-state index in [4.69, 9.17) is 16.3 Å². The second-order valence-electron chi connectivity index (χ2n) is 16.5. The number of carbonyl (C=O) groups excluding carboxylic acids is 2. The van der Waals surface area contributed by atoms with Gasteiger partial charge in [-0.05, 0) is 107 Å². The van der Waals surface area contributed by atoms with Gasteiger partial charge in [-0.25, -0.2) is 13.2 Å². The zero-order valence-electron chi connectivity index (χ0n) is 33.0. The highest BCUT2D eigenvalue weighted by Gasteiger charge is 2.37. The molecule has 0 aromatic heterocycles. The highest BCUT2D eigenvalue weighted by molar-refractivity contribution is 7.89. The van der Waals surface area contributed by atoms with Crippen molar-refractivity contribution in [2.24, 2.45) is 5.92 Å². The molecule has 0 radical (unpaired) electrons. The number of ether oxygens (including phenoxy) is 1. The third-order valence-electron chi connectivity index (χ3n) is 10.8. The molecule has 4 rings (SSSR count). The summed E-state index contributed by atoms with van der Waals surface area (Å²) in [5.74, 6) is 0.267. The number of alkyl carbamates (subject to hydrolysis) is 1. The average Bonchev–Trinajstić information content (AvgIpc) is 3.11. The van der Waals surface area contributed by atoms with Crippen molar-refractivity contribution in [3.63, 3.8) is 0 Å². The van der Waals surface area contributed by atoms with Gasteiger partial charge in [-0.1, -0.05) is 108 Å². The number of carbonyl (C=O) groups is 2. The van der Waals surface area contributed by atoms with E-state index in [1.807, 2.05) is 37.8 Å². The summed E-state index contributed by atoms with van der Waals surface area (Å²) in [4.78, 5) is 30.9. The van der Waals surface area contributed by atoms with Crippen LogP contribution in [0.25, 0.3) is 10.8 Å². The average molecular weight is 776 g/mol. The maximum absolute atomic E-state index is 14.1. The molecule has 9 nitrogen and oxygen atoms in total. The second-order valence-corrected chi connectivity index (χ2v) is 18.6. The summed E-state index contributed by atoms with van der Waals surface area (Å²) in [6.45, 7) is 11.7. The number of hydrogen-bond donors (Lipinski definition) is 2. The second kappa shape index (κ2) is 21.6. The molecule has 2 atom stereocenters. The van der Waals surface area contributed by atoms with Gasteiger partial charge >= 0.3 is 6.09 Å². The topological polar surface area (TPSA) is 108 Å². The Hall–Kier alpha value is -2.40. The van der Waals surface area contributed by atoms with E-state index in [1.165, 1.54) is 64.2 Å². The first-order valence-electron chi connectivity index (χ1n) is 20.6. The fourth-order valence-electron chi connectivity index (χ4n) is 7.77. The zero-order valence-corrected chi connectivity index (χ0v) is 34.5. The molecule has 298 valence electrons. The number of halogens is 1. The van der Waals surface area contributed by atoms with Gasteiger partial charge in [0.2, 0.25) is 15.9 Å². The SMILES string of the molecule is CCCCCCCCCCCCCCC(CN1CCC(CNC(=O)OC(C)(C)C)CC1)N1CCC[C@H](NS(=O)(=O)c2ccc3cc(Cl)ccc3c2)C1=O. The number of rotatable bonds is 21. The summed E-state index contributed by atoms with van der Waals surface area (Å²) >= 11 is 6.13. The summed E-state index contributed by atoms with van der Waals surface area (Å²) in [6, 6.07) is 9.58. The Labute approximate surface area is 325 Å². The first kappa shape index (κ1) is 43.3. The first-order chi connectivity index (χ1) is 25.3. The third-order valence-corrected chi connectivity index (χ3v) is 12.5. The van der Waals surface area contributed by atoms with Crippen LogP contribution in [0.3, 0.4) is 0 Å². The van der Waals surface area contributed by atoms with E-state index in [0.717, 1.165) is 68.9 Å². The van der Waals surface area contributed by atoms with Crippen LogP contribution in [0.15, 0.2) is 41.3 Å². The van der Waals surface area contributed by atoms with E-state index < -0.39 is 21.7 Å². The number of piperidine rings is 2. The lowest BCUT2D eigenvalue weighted by molar-refractivity contribution is -0.138. The highest BCUT2D eigenvalue weighted by atomic mass is 35.5. The van der Waals surface area contributed by atoms with Crippen LogP contribution in [-0.2, 0) is 19.6 Å². The number of benzene rings is 2. The summed E-state index contributed by atoms with van der Waals surface area (Å²) < 4.78 is 35.4. The molecule has 2 N–H and O–H groups in total. The number of nitrogens with zero attached hydrogens (tertiary/aromatic N) is 2. The Morgan fingerprint density at radius 2 is 1.47 bits per heavy atom. The monoisotopic (exact) mass is 774 g/mol. The molecule has 2 aromatic carbocycles. The number of fused-ring (bicyclic) bond motifs is 1. The Kier molecular flexibility index (Phi) is 17.7. The predicted octanol–water partition coefficient (Wildman–Crippen LogP) is 9.46. The Bertz CT molecular complexity index is 1540. The van der Waals surface area contributed by atoms with Crippen LogP contribution in [0.2, 0.25) is 5.02 Å². The lowest BCUT2D eigenvalue weighted by Crippen LogP contribution is -2.57. The van der Waals surface area contributed by atoms with E-state index in [9.17, 15) is 18.0 Å².